The highest BCUT2D eigenvalue weighted by Crippen LogP contribution is 2.13. The molecule has 7 nitrogen and oxygen atoms in total. The van der Waals surface area contributed by atoms with Gasteiger partial charge in [0, 0.05) is 6.07 Å². The van der Waals surface area contributed by atoms with Crippen molar-refractivity contribution >= 4 is 11.8 Å². The number of rotatable bonds is 4. The molecule has 0 unspecified atom stereocenters. The normalized spacial score (nSPS) is 10.4. The Morgan fingerprint density at radius 2 is 2.47 bits per heavy atom. The smallest absolute Gasteiger partial charge is 0.360 e. The molecule has 2 N–H and O–H groups in total. The number of aromatic nitrogens is 3. The van der Waals surface area contributed by atoms with Crippen LogP contribution in [0.25, 0.3) is 0 Å². The third-order valence-corrected chi connectivity index (χ3v) is 2.17. The third-order valence-electron chi connectivity index (χ3n) is 2.17. The molecule has 2 aromatic heterocycles. The zero-order valence-corrected chi connectivity index (χ0v) is 9.29. The van der Waals surface area contributed by atoms with Crippen molar-refractivity contribution in [2.45, 2.75) is 13.5 Å². The van der Waals surface area contributed by atoms with Crippen LogP contribution >= 0.6 is 0 Å². The van der Waals surface area contributed by atoms with Gasteiger partial charge in [-0.1, -0.05) is 5.16 Å². The molecule has 2 rings (SSSR count). The lowest BCUT2D eigenvalue weighted by atomic mass is 10.4. The highest BCUT2D eigenvalue weighted by molar-refractivity contribution is 5.92. The summed E-state index contributed by atoms with van der Waals surface area (Å²) in [4.78, 5) is 15.4. The van der Waals surface area contributed by atoms with E-state index in [1.165, 1.54) is 12.6 Å². The van der Waals surface area contributed by atoms with E-state index < -0.39 is 5.97 Å². The second kappa shape index (κ2) is 4.69. The van der Waals surface area contributed by atoms with Crippen molar-refractivity contribution < 1.29 is 14.1 Å². The lowest BCUT2D eigenvalue weighted by molar-refractivity contribution is 0.0521. The summed E-state index contributed by atoms with van der Waals surface area (Å²) >= 11 is 0. The summed E-state index contributed by atoms with van der Waals surface area (Å²) in [6, 6.07) is 1.71. The van der Waals surface area contributed by atoms with Gasteiger partial charge in [0.2, 0.25) is 0 Å². The minimum absolute atomic E-state index is 0.121. The van der Waals surface area contributed by atoms with Gasteiger partial charge in [-0.25, -0.2) is 9.78 Å². The molecule has 90 valence electrons. The van der Waals surface area contributed by atoms with Gasteiger partial charge in [0.05, 0.1) is 19.5 Å². The minimum atomic E-state index is -0.524. The fourth-order valence-electron chi connectivity index (χ4n) is 1.37. The monoisotopic (exact) mass is 236 g/mol. The largest absolute Gasteiger partial charge is 0.461 e. The van der Waals surface area contributed by atoms with E-state index in [0.29, 0.717) is 12.2 Å². The summed E-state index contributed by atoms with van der Waals surface area (Å²) in [5.41, 5.74) is 6.61. The standard InChI is InChI=1S/C10H12N4O3/c1-2-16-10(15)8-9(11)14(6-12-8)5-7-3-4-17-13-7/h3-4,6H,2,5,11H2,1H3. The number of nitrogens with two attached hydrogens (primary N) is 1. The van der Waals surface area contributed by atoms with Crippen molar-refractivity contribution in [3.63, 3.8) is 0 Å². The van der Waals surface area contributed by atoms with Gasteiger partial charge in [0.15, 0.2) is 5.69 Å². The number of hydrogen-bond acceptors (Lipinski definition) is 6. The minimum Gasteiger partial charge on any atom is -0.461 e. The lowest BCUT2D eigenvalue weighted by Crippen LogP contribution is -2.10. The molecule has 17 heavy (non-hydrogen) atoms. The van der Waals surface area contributed by atoms with Crippen LogP contribution in [-0.2, 0) is 11.3 Å². The summed E-state index contributed by atoms with van der Waals surface area (Å²) in [5.74, 6) is -0.268. The van der Waals surface area contributed by atoms with Crippen LogP contribution in [0.15, 0.2) is 23.2 Å². The molecule has 0 radical (unpaired) electrons. The number of nitrogens with zero attached hydrogens (tertiary/aromatic N) is 3. The Bertz CT molecular complexity index is 504. The van der Waals surface area contributed by atoms with E-state index in [2.05, 4.69) is 10.1 Å². The van der Waals surface area contributed by atoms with Gasteiger partial charge in [-0.05, 0) is 6.92 Å². The van der Waals surface area contributed by atoms with Crippen LogP contribution in [0.3, 0.4) is 0 Å². The number of hydrogen-bond donors (Lipinski definition) is 1. The molecule has 0 amide bonds. The molecular formula is C10H12N4O3. The van der Waals surface area contributed by atoms with Gasteiger partial charge in [-0.2, -0.15) is 0 Å². The van der Waals surface area contributed by atoms with Crippen molar-refractivity contribution in [2.24, 2.45) is 0 Å². The first-order valence-corrected chi connectivity index (χ1v) is 5.09. The Balaban J connectivity index is 2.18. The number of carbonyl (C=O) groups excluding carboxylic acids is 1. The van der Waals surface area contributed by atoms with E-state index in [1.807, 2.05) is 0 Å². The van der Waals surface area contributed by atoms with Crippen molar-refractivity contribution in [3.05, 3.63) is 30.0 Å². The Labute approximate surface area is 97.2 Å². The average Bonchev–Trinajstić information content (AvgIpc) is 2.91. The highest BCUT2D eigenvalue weighted by Gasteiger charge is 2.17. The topological polar surface area (TPSA) is 96.2 Å². The second-order valence-electron chi connectivity index (χ2n) is 3.32. The molecule has 0 atom stereocenters. The summed E-state index contributed by atoms with van der Waals surface area (Å²) in [5, 5.41) is 3.75. The molecule has 0 saturated heterocycles. The van der Waals surface area contributed by atoms with E-state index in [4.69, 9.17) is 15.0 Å². The zero-order valence-electron chi connectivity index (χ0n) is 9.29. The van der Waals surface area contributed by atoms with Crippen LogP contribution in [0.5, 0.6) is 0 Å². The van der Waals surface area contributed by atoms with Crippen LogP contribution in [0.2, 0.25) is 0 Å². The van der Waals surface area contributed by atoms with Crippen LogP contribution in [-0.4, -0.2) is 27.3 Å². The molecule has 0 aliphatic rings. The van der Waals surface area contributed by atoms with E-state index in [0.717, 1.165) is 0 Å². The fraction of sp³-hybridized carbons (Fsp3) is 0.300. The Morgan fingerprint density at radius 1 is 1.65 bits per heavy atom. The first kappa shape index (κ1) is 11.2. The molecule has 2 heterocycles. The molecule has 2 aromatic rings. The fourth-order valence-corrected chi connectivity index (χ4v) is 1.37. The summed E-state index contributed by atoms with van der Waals surface area (Å²) < 4.78 is 11.1. The molecular weight excluding hydrogens is 224 g/mol. The van der Waals surface area contributed by atoms with E-state index in [1.54, 1.807) is 17.6 Å². The summed E-state index contributed by atoms with van der Waals surface area (Å²) in [6.45, 7) is 2.41. The first-order valence-electron chi connectivity index (χ1n) is 5.09. The molecule has 0 aromatic carbocycles. The summed E-state index contributed by atoms with van der Waals surface area (Å²) in [7, 11) is 0. The van der Waals surface area contributed by atoms with Crippen LogP contribution in [0.1, 0.15) is 23.1 Å². The van der Waals surface area contributed by atoms with Crippen molar-refractivity contribution in [3.8, 4) is 0 Å². The maximum absolute atomic E-state index is 11.5. The van der Waals surface area contributed by atoms with Gasteiger partial charge < -0.3 is 19.6 Å². The molecule has 0 aliphatic carbocycles. The maximum Gasteiger partial charge on any atom is 0.360 e. The highest BCUT2D eigenvalue weighted by atomic mass is 16.5. The molecule has 0 aliphatic heterocycles. The summed E-state index contributed by atoms with van der Waals surface area (Å²) in [6.07, 6.45) is 2.94. The number of nitrogen functional groups attached to an aromatic ring is 1. The van der Waals surface area contributed by atoms with E-state index in [9.17, 15) is 4.79 Å². The molecule has 0 saturated carbocycles. The number of esters is 1. The van der Waals surface area contributed by atoms with Crippen molar-refractivity contribution in [2.75, 3.05) is 12.3 Å². The zero-order chi connectivity index (χ0) is 12.3. The maximum atomic E-state index is 11.5. The van der Waals surface area contributed by atoms with Gasteiger partial charge in [-0.3, -0.25) is 0 Å². The van der Waals surface area contributed by atoms with Crippen molar-refractivity contribution in [1.82, 2.24) is 14.7 Å². The van der Waals surface area contributed by atoms with Gasteiger partial charge >= 0.3 is 5.97 Å². The van der Waals surface area contributed by atoms with Gasteiger partial charge in [0.1, 0.15) is 17.8 Å². The molecule has 0 fully saturated rings. The van der Waals surface area contributed by atoms with Gasteiger partial charge in [-0.15, -0.1) is 0 Å². The molecule has 7 heteroatoms. The third kappa shape index (κ3) is 2.27. The molecule has 0 bridgehead atoms. The van der Waals surface area contributed by atoms with Crippen LogP contribution < -0.4 is 5.73 Å². The van der Waals surface area contributed by atoms with Gasteiger partial charge in [0.25, 0.3) is 0 Å². The number of anilines is 1. The number of ether oxygens (including phenoxy) is 1. The van der Waals surface area contributed by atoms with E-state index >= 15 is 0 Å². The number of carbonyl (C=O) groups is 1. The van der Waals surface area contributed by atoms with Crippen LogP contribution in [0.4, 0.5) is 5.82 Å². The predicted octanol–water partition coefficient (Wildman–Crippen LogP) is 0.678. The lowest BCUT2D eigenvalue weighted by Gasteiger charge is -2.02. The first-order chi connectivity index (χ1) is 8.22. The second-order valence-corrected chi connectivity index (χ2v) is 3.32. The Kier molecular flexibility index (Phi) is 3.08. The van der Waals surface area contributed by atoms with Crippen molar-refractivity contribution in [1.29, 1.82) is 0 Å². The quantitative estimate of drug-likeness (QED) is 0.784. The Hall–Kier alpha value is -2.31. The molecule has 0 spiro atoms. The van der Waals surface area contributed by atoms with E-state index in [-0.39, 0.29) is 18.1 Å². The predicted molar refractivity (Wildman–Crippen MR) is 58.2 cm³/mol. The number of imidazole rings is 1. The Morgan fingerprint density at radius 3 is 3.12 bits per heavy atom. The van der Waals surface area contributed by atoms with Crippen LogP contribution in [0, 0.1) is 0 Å². The SMILES string of the molecule is CCOC(=O)c1ncn(Cc2ccon2)c1N. The average molecular weight is 236 g/mol.